The zero-order chi connectivity index (χ0) is 30.9. The quantitative estimate of drug-likeness (QED) is 0.208. The molecule has 1 N–H and O–H groups in total. The lowest BCUT2D eigenvalue weighted by Gasteiger charge is -2.17. The van der Waals surface area contributed by atoms with Crippen molar-refractivity contribution in [2.45, 2.75) is 39.8 Å². The van der Waals surface area contributed by atoms with E-state index in [0.29, 0.717) is 39.2 Å². The van der Waals surface area contributed by atoms with Crippen LogP contribution in [0.15, 0.2) is 79.1 Å². The summed E-state index contributed by atoms with van der Waals surface area (Å²) in [4.78, 5) is 20.9. The number of aliphatic hydroxyl groups excluding tert-OH is 1. The molecule has 0 bridgehead atoms. The minimum atomic E-state index is -4.67. The predicted octanol–water partition coefficient (Wildman–Crippen LogP) is 6.82. The molecule has 1 unspecified atom stereocenters. The van der Waals surface area contributed by atoms with Crippen molar-refractivity contribution in [1.29, 1.82) is 0 Å². The van der Waals surface area contributed by atoms with Gasteiger partial charge in [-0.25, -0.2) is 9.67 Å². The van der Waals surface area contributed by atoms with Crippen molar-refractivity contribution in [3.05, 3.63) is 95.9 Å². The molecule has 3 aromatic heterocycles. The van der Waals surface area contributed by atoms with Crippen LogP contribution in [-0.4, -0.2) is 37.9 Å². The Bertz CT molecular complexity index is 1790. The summed E-state index contributed by atoms with van der Waals surface area (Å²) >= 11 is 0. The first kappa shape index (κ1) is 29.7. The number of hydrogen-bond donors (Lipinski definition) is 1. The second-order valence-electron chi connectivity index (χ2n) is 10.9. The number of nitrogens with zero attached hydrogens (tertiary/aromatic N) is 4. The average Bonchev–Trinajstić information content (AvgIpc) is 3.36. The lowest BCUT2D eigenvalue weighted by molar-refractivity contribution is -0.157. The summed E-state index contributed by atoms with van der Waals surface area (Å²) in [6.45, 7) is 5.10. The van der Waals surface area contributed by atoms with Crippen LogP contribution in [0.2, 0.25) is 0 Å². The number of benzene rings is 2. The fraction of sp³-hybridized carbons (Fsp3) is 0.250. The number of ether oxygens (including phenoxy) is 2. The van der Waals surface area contributed by atoms with Crippen LogP contribution < -0.4 is 4.74 Å². The molecule has 5 aromatic rings. The molecule has 0 aliphatic carbocycles. The monoisotopic (exact) mass is 590 g/mol. The van der Waals surface area contributed by atoms with Crippen LogP contribution in [0.4, 0.5) is 13.2 Å². The van der Waals surface area contributed by atoms with E-state index in [2.05, 4.69) is 9.97 Å². The molecule has 11 heteroatoms. The topological polar surface area (TPSA) is 99.4 Å². The normalized spacial score (nSPS) is 12.7. The molecule has 0 fully saturated rings. The third-order valence-electron chi connectivity index (χ3n) is 6.82. The fourth-order valence-corrected chi connectivity index (χ4v) is 4.60. The average molecular weight is 591 g/mol. The van der Waals surface area contributed by atoms with Crippen molar-refractivity contribution in [1.82, 2.24) is 19.7 Å². The molecular formula is C32H29F3N4O4. The maximum absolute atomic E-state index is 13.6. The number of hydrogen-bond acceptors (Lipinski definition) is 7. The summed E-state index contributed by atoms with van der Waals surface area (Å²) in [5, 5.41) is 16.3. The molecule has 0 aliphatic rings. The van der Waals surface area contributed by atoms with Gasteiger partial charge in [0.1, 0.15) is 17.5 Å². The van der Waals surface area contributed by atoms with Crippen molar-refractivity contribution < 1.29 is 32.5 Å². The molecule has 0 saturated heterocycles. The number of esters is 1. The molecule has 5 rings (SSSR count). The summed E-state index contributed by atoms with van der Waals surface area (Å²) in [5.74, 6) is 0.177. The first-order valence-electron chi connectivity index (χ1n) is 13.4. The molecule has 222 valence electrons. The van der Waals surface area contributed by atoms with E-state index in [1.54, 1.807) is 58.3 Å². The van der Waals surface area contributed by atoms with Crippen LogP contribution in [0.5, 0.6) is 5.75 Å². The number of para-hydroxylation sites is 1. The van der Waals surface area contributed by atoms with Gasteiger partial charge in [-0.1, -0.05) is 30.3 Å². The summed E-state index contributed by atoms with van der Waals surface area (Å²) in [7, 11) is 1.55. The van der Waals surface area contributed by atoms with Gasteiger partial charge in [-0.2, -0.15) is 18.3 Å². The van der Waals surface area contributed by atoms with E-state index in [9.17, 15) is 23.1 Å². The molecule has 8 nitrogen and oxygen atoms in total. The third-order valence-corrected chi connectivity index (χ3v) is 6.82. The Hall–Kier alpha value is -4.77. The Morgan fingerprint density at radius 1 is 0.977 bits per heavy atom. The van der Waals surface area contributed by atoms with E-state index < -0.39 is 34.9 Å². The summed E-state index contributed by atoms with van der Waals surface area (Å²) < 4.78 is 53.4. The smallest absolute Gasteiger partial charge is 0.418 e. The standard InChI is InChI=1S/C32H29F3N4O4/c1-31(2,3)30(41)43-18-39-29-23(26(38-39)22-11-5-6-13-25(22)42-4)16-21(17-37-29)19-9-7-10-20(15-19)28(40)27-24(32(33,34)35)12-8-14-36-27/h5-17,28,40H,18H2,1-4H3. The first-order chi connectivity index (χ1) is 20.4. The Morgan fingerprint density at radius 3 is 2.47 bits per heavy atom. The predicted molar refractivity (Wildman–Crippen MR) is 154 cm³/mol. The fourth-order valence-electron chi connectivity index (χ4n) is 4.60. The van der Waals surface area contributed by atoms with Crippen molar-refractivity contribution in [3.8, 4) is 28.1 Å². The van der Waals surface area contributed by atoms with E-state index in [4.69, 9.17) is 14.6 Å². The Balaban J connectivity index is 1.59. The molecule has 1 atom stereocenters. The number of carbonyl (C=O) groups is 1. The molecule has 0 spiro atoms. The molecule has 2 aromatic carbocycles. The second kappa shape index (κ2) is 11.5. The van der Waals surface area contributed by atoms with E-state index in [1.165, 1.54) is 23.0 Å². The highest BCUT2D eigenvalue weighted by Crippen LogP contribution is 2.38. The van der Waals surface area contributed by atoms with Gasteiger partial charge in [0, 0.05) is 28.9 Å². The summed E-state index contributed by atoms with van der Waals surface area (Å²) in [6, 6.07) is 17.8. The van der Waals surface area contributed by atoms with Gasteiger partial charge in [0.15, 0.2) is 12.4 Å². The van der Waals surface area contributed by atoms with Crippen molar-refractivity contribution in [2.75, 3.05) is 7.11 Å². The molecule has 0 saturated carbocycles. The molecule has 0 aliphatic heterocycles. The van der Waals surface area contributed by atoms with E-state index >= 15 is 0 Å². The lowest BCUT2D eigenvalue weighted by atomic mass is 9.97. The molecular weight excluding hydrogens is 561 g/mol. The van der Waals surface area contributed by atoms with Crippen LogP contribution in [0.3, 0.4) is 0 Å². The van der Waals surface area contributed by atoms with Gasteiger partial charge in [0.05, 0.1) is 23.8 Å². The number of fused-ring (bicyclic) bond motifs is 1. The van der Waals surface area contributed by atoms with Crippen LogP contribution in [0.1, 0.15) is 43.7 Å². The first-order valence-corrected chi connectivity index (χ1v) is 13.4. The highest BCUT2D eigenvalue weighted by atomic mass is 19.4. The Morgan fingerprint density at radius 2 is 1.74 bits per heavy atom. The van der Waals surface area contributed by atoms with Gasteiger partial charge >= 0.3 is 12.1 Å². The van der Waals surface area contributed by atoms with Crippen molar-refractivity contribution >= 4 is 17.0 Å². The summed E-state index contributed by atoms with van der Waals surface area (Å²) in [5.41, 5.74) is 0.946. The van der Waals surface area contributed by atoms with Crippen LogP contribution in [0.25, 0.3) is 33.4 Å². The number of aromatic nitrogens is 4. The van der Waals surface area contributed by atoms with Crippen LogP contribution in [-0.2, 0) is 22.4 Å². The van der Waals surface area contributed by atoms with Crippen molar-refractivity contribution in [3.63, 3.8) is 0 Å². The van der Waals surface area contributed by atoms with Gasteiger partial charge in [-0.3, -0.25) is 9.78 Å². The SMILES string of the molecule is COc1ccccc1-c1nn(COC(=O)C(C)(C)C)c2ncc(-c3cccc(C(O)c4ncccc4C(F)(F)F)c3)cc12. The Labute approximate surface area is 245 Å². The van der Waals surface area contributed by atoms with Gasteiger partial charge in [0.25, 0.3) is 0 Å². The minimum absolute atomic E-state index is 0.165. The largest absolute Gasteiger partial charge is 0.496 e. The lowest BCUT2D eigenvalue weighted by Crippen LogP contribution is -2.24. The van der Waals surface area contributed by atoms with Gasteiger partial charge in [-0.05, 0) is 68.3 Å². The van der Waals surface area contributed by atoms with Gasteiger partial charge < -0.3 is 14.6 Å². The second-order valence-corrected chi connectivity index (χ2v) is 10.9. The van der Waals surface area contributed by atoms with Crippen LogP contribution >= 0.6 is 0 Å². The number of alkyl halides is 3. The molecule has 3 heterocycles. The van der Waals surface area contributed by atoms with E-state index in [1.807, 2.05) is 24.3 Å². The minimum Gasteiger partial charge on any atom is -0.496 e. The maximum Gasteiger partial charge on any atom is 0.418 e. The maximum atomic E-state index is 13.6. The van der Waals surface area contributed by atoms with E-state index in [0.717, 1.165) is 6.07 Å². The number of pyridine rings is 2. The molecule has 0 amide bonds. The van der Waals surface area contributed by atoms with Crippen molar-refractivity contribution in [2.24, 2.45) is 5.41 Å². The number of rotatable bonds is 7. The third kappa shape index (κ3) is 6.07. The van der Waals surface area contributed by atoms with Crippen LogP contribution in [0, 0.1) is 5.41 Å². The van der Waals surface area contributed by atoms with E-state index in [-0.39, 0.29) is 12.3 Å². The Kier molecular flexibility index (Phi) is 7.94. The molecule has 43 heavy (non-hydrogen) atoms. The van der Waals surface area contributed by atoms with Gasteiger partial charge in [0.2, 0.25) is 0 Å². The van der Waals surface area contributed by atoms with Gasteiger partial charge in [-0.15, -0.1) is 0 Å². The highest BCUT2D eigenvalue weighted by Gasteiger charge is 2.36. The zero-order valence-electron chi connectivity index (χ0n) is 23.9. The number of halogens is 3. The number of aliphatic hydroxyl groups is 1. The number of methoxy groups -OCH3 is 1. The number of carbonyl (C=O) groups excluding carboxylic acids is 1. The zero-order valence-corrected chi connectivity index (χ0v) is 23.9. The highest BCUT2D eigenvalue weighted by molar-refractivity contribution is 5.95. The summed E-state index contributed by atoms with van der Waals surface area (Å²) in [6.07, 6.45) is -3.48. The molecule has 0 radical (unpaired) electrons.